The number of hydrogen-bond donors (Lipinski definition) is 2. The molecular formula is C40H64N2O11. The average molecular weight is 749 g/mol. The zero-order valence-corrected chi connectivity index (χ0v) is 32.1. The maximum Gasteiger partial charge on any atom is 0.308 e. The van der Waals surface area contributed by atoms with Gasteiger partial charge in [0, 0.05) is 29.8 Å². The van der Waals surface area contributed by atoms with E-state index in [1.807, 2.05) is 0 Å². The summed E-state index contributed by atoms with van der Waals surface area (Å²) in [7, 11) is 1.45. The fraction of sp³-hybridized carbons (Fsp3) is 0.850. The molecule has 0 unspecified atom stereocenters. The van der Waals surface area contributed by atoms with E-state index < -0.39 is 0 Å². The van der Waals surface area contributed by atoms with Gasteiger partial charge in [0.05, 0.1) is 51.3 Å². The van der Waals surface area contributed by atoms with Gasteiger partial charge in [0.15, 0.2) is 0 Å². The third-order valence-electron chi connectivity index (χ3n) is 11.9. The van der Waals surface area contributed by atoms with Crippen LogP contribution in [0.5, 0.6) is 0 Å². The van der Waals surface area contributed by atoms with Crippen molar-refractivity contribution in [3.05, 3.63) is 0 Å². The Morgan fingerprint density at radius 1 is 0.434 bits per heavy atom. The standard InChI is InChI=1S/C40H64N2O11/c1-27(43)28-7-9-29(10-8-28)36(44)41-34-19-21-35(22-20-34)42-37(45)30-11-13-31(14-12-30)38(46)50-23-3-4-24-51-39(47)32-15-17-33(18-16-32)40(48)52-25-5-6-26-53-49-2/h28-35H,3-26H2,1-2H3,(H,41,44)(H,42,45). The van der Waals surface area contributed by atoms with Gasteiger partial charge in [-0.15, -0.1) is 0 Å². The Labute approximate surface area is 315 Å². The highest BCUT2D eigenvalue weighted by Crippen LogP contribution is 2.33. The number of carbonyl (C=O) groups excluding carboxylic acids is 6. The Bertz CT molecular complexity index is 1180. The number of ketones is 1. The van der Waals surface area contributed by atoms with Gasteiger partial charge < -0.3 is 24.8 Å². The molecule has 4 fully saturated rings. The van der Waals surface area contributed by atoms with Crippen LogP contribution < -0.4 is 10.6 Å². The fourth-order valence-electron chi connectivity index (χ4n) is 8.36. The summed E-state index contributed by atoms with van der Waals surface area (Å²) < 4.78 is 16.4. The number of carbonyl (C=O) groups is 6. The van der Waals surface area contributed by atoms with Crippen LogP contribution in [0.25, 0.3) is 0 Å². The summed E-state index contributed by atoms with van der Waals surface area (Å²) in [6.45, 7) is 2.99. The number of Topliss-reactive ketones (excluding diaryl/α,β-unsaturated/α-hetero) is 1. The van der Waals surface area contributed by atoms with Crippen molar-refractivity contribution in [2.24, 2.45) is 35.5 Å². The van der Waals surface area contributed by atoms with Crippen molar-refractivity contribution in [1.29, 1.82) is 0 Å². The summed E-state index contributed by atoms with van der Waals surface area (Å²) in [5, 5.41) is 6.45. The third-order valence-corrected chi connectivity index (χ3v) is 11.9. The molecule has 0 aromatic heterocycles. The average Bonchev–Trinajstić information content (AvgIpc) is 3.18. The molecule has 0 aliphatic heterocycles. The van der Waals surface area contributed by atoms with Crippen molar-refractivity contribution >= 4 is 35.5 Å². The lowest BCUT2D eigenvalue weighted by Crippen LogP contribution is -2.47. The number of amides is 2. The second-order valence-electron chi connectivity index (χ2n) is 15.7. The van der Waals surface area contributed by atoms with Crippen LogP contribution in [0.1, 0.15) is 135 Å². The van der Waals surface area contributed by atoms with E-state index in [-0.39, 0.29) is 96.3 Å². The van der Waals surface area contributed by atoms with Crippen molar-refractivity contribution in [2.75, 3.05) is 33.5 Å². The SMILES string of the molecule is COOCCCCOC(=O)C1CCC(C(=O)OCCCCOC(=O)C2CCC(C(=O)NC3CCC(NC(=O)C4CCC(C(C)=O)CC4)CC3)CC2)CC1. The van der Waals surface area contributed by atoms with E-state index in [0.29, 0.717) is 83.8 Å². The summed E-state index contributed by atoms with van der Waals surface area (Å²) in [5.41, 5.74) is 0. The molecule has 2 amide bonds. The molecule has 13 heteroatoms. The Hall–Kier alpha value is -3.06. The normalized spacial score (nSPS) is 28.9. The molecule has 0 aromatic carbocycles. The molecule has 53 heavy (non-hydrogen) atoms. The van der Waals surface area contributed by atoms with E-state index in [1.165, 1.54) is 7.11 Å². The Morgan fingerprint density at radius 3 is 1.06 bits per heavy atom. The summed E-state index contributed by atoms with van der Waals surface area (Å²) in [4.78, 5) is 84.3. The molecule has 4 rings (SSSR count). The summed E-state index contributed by atoms with van der Waals surface area (Å²) in [6, 6.07) is 0.245. The monoisotopic (exact) mass is 748 g/mol. The van der Waals surface area contributed by atoms with Crippen LogP contribution in [-0.2, 0) is 52.8 Å². The Kier molecular flexibility index (Phi) is 18.5. The van der Waals surface area contributed by atoms with Gasteiger partial charge in [-0.25, -0.2) is 9.78 Å². The first-order valence-electron chi connectivity index (χ1n) is 20.4. The van der Waals surface area contributed by atoms with Crippen molar-refractivity contribution in [3.63, 3.8) is 0 Å². The molecule has 0 atom stereocenters. The smallest absolute Gasteiger partial charge is 0.308 e. The number of ether oxygens (including phenoxy) is 3. The second-order valence-corrected chi connectivity index (χ2v) is 15.7. The van der Waals surface area contributed by atoms with Crippen LogP contribution >= 0.6 is 0 Å². The van der Waals surface area contributed by atoms with Crippen LogP contribution in [0.15, 0.2) is 0 Å². The van der Waals surface area contributed by atoms with Gasteiger partial charge in [0.2, 0.25) is 11.8 Å². The van der Waals surface area contributed by atoms with Gasteiger partial charge >= 0.3 is 17.9 Å². The lowest BCUT2D eigenvalue weighted by molar-refractivity contribution is -0.272. The predicted molar refractivity (Wildman–Crippen MR) is 194 cm³/mol. The van der Waals surface area contributed by atoms with E-state index in [9.17, 15) is 28.8 Å². The number of hydrogen-bond acceptors (Lipinski definition) is 11. The summed E-state index contributed by atoms with van der Waals surface area (Å²) in [6.07, 6.45) is 14.2. The first-order valence-corrected chi connectivity index (χ1v) is 20.4. The van der Waals surface area contributed by atoms with Crippen molar-refractivity contribution < 1.29 is 52.8 Å². The maximum absolute atomic E-state index is 13.0. The first-order chi connectivity index (χ1) is 25.6. The molecule has 0 saturated heterocycles. The van der Waals surface area contributed by atoms with E-state index in [4.69, 9.17) is 19.1 Å². The first kappa shape index (κ1) is 42.7. The minimum absolute atomic E-state index is 0.0000608. The molecule has 4 saturated carbocycles. The number of nitrogens with one attached hydrogen (secondary N) is 2. The fourth-order valence-corrected chi connectivity index (χ4v) is 8.36. The zero-order valence-electron chi connectivity index (χ0n) is 32.1. The van der Waals surface area contributed by atoms with Crippen LogP contribution in [-0.4, -0.2) is 81.1 Å². The molecule has 0 heterocycles. The van der Waals surface area contributed by atoms with Crippen molar-refractivity contribution in [2.45, 2.75) is 147 Å². The van der Waals surface area contributed by atoms with Crippen molar-refractivity contribution in [3.8, 4) is 0 Å². The van der Waals surface area contributed by atoms with Crippen LogP contribution in [0.2, 0.25) is 0 Å². The van der Waals surface area contributed by atoms with E-state index in [2.05, 4.69) is 15.5 Å². The van der Waals surface area contributed by atoms with E-state index >= 15 is 0 Å². The van der Waals surface area contributed by atoms with Crippen LogP contribution in [0, 0.1) is 35.5 Å². The topological polar surface area (TPSA) is 173 Å². The van der Waals surface area contributed by atoms with Crippen LogP contribution in [0.4, 0.5) is 0 Å². The number of esters is 3. The highest BCUT2D eigenvalue weighted by Gasteiger charge is 2.34. The quantitative estimate of drug-likeness (QED) is 0.0577. The van der Waals surface area contributed by atoms with E-state index in [0.717, 1.165) is 57.8 Å². The van der Waals surface area contributed by atoms with Gasteiger partial charge in [-0.2, -0.15) is 0 Å². The minimum Gasteiger partial charge on any atom is -0.465 e. The second kappa shape index (κ2) is 23.0. The summed E-state index contributed by atoms with van der Waals surface area (Å²) in [5.74, 6) is -0.813. The lowest BCUT2D eigenvalue weighted by Gasteiger charge is -2.33. The predicted octanol–water partition coefficient (Wildman–Crippen LogP) is 5.31. The molecule has 0 bridgehead atoms. The molecule has 2 N–H and O–H groups in total. The van der Waals surface area contributed by atoms with Gasteiger partial charge in [-0.1, -0.05) is 0 Å². The molecule has 0 radical (unpaired) electrons. The number of unbranched alkanes of at least 4 members (excludes halogenated alkanes) is 2. The molecule has 13 nitrogen and oxygen atoms in total. The highest BCUT2D eigenvalue weighted by atomic mass is 17.2. The van der Waals surface area contributed by atoms with Gasteiger partial charge in [-0.05, 0) is 135 Å². The van der Waals surface area contributed by atoms with Crippen LogP contribution in [0.3, 0.4) is 0 Å². The van der Waals surface area contributed by atoms with Gasteiger partial charge in [0.25, 0.3) is 0 Å². The maximum atomic E-state index is 13.0. The molecule has 0 spiro atoms. The molecule has 4 aliphatic carbocycles. The number of rotatable bonds is 19. The molecule has 0 aromatic rings. The van der Waals surface area contributed by atoms with Gasteiger partial charge in [0.1, 0.15) is 5.78 Å². The molecule has 300 valence electrons. The van der Waals surface area contributed by atoms with Crippen molar-refractivity contribution in [1.82, 2.24) is 10.6 Å². The highest BCUT2D eigenvalue weighted by molar-refractivity contribution is 5.81. The van der Waals surface area contributed by atoms with E-state index in [1.54, 1.807) is 6.92 Å². The Morgan fingerprint density at radius 2 is 0.736 bits per heavy atom. The summed E-state index contributed by atoms with van der Waals surface area (Å²) >= 11 is 0. The Balaban J connectivity index is 0.980. The third kappa shape index (κ3) is 14.6. The molecular weight excluding hydrogens is 684 g/mol. The minimum atomic E-state index is -0.231. The zero-order chi connectivity index (χ0) is 38.0. The lowest BCUT2D eigenvalue weighted by atomic mass is 9.79. The van der Waals surface area contributed by atoms with Gasteiger partial charge in [-0.3, -0.25) is 28.8 Å². The largest absolute Gasteiger partial charge is 0.465 e. The molecule has 4 aliphatic rings.